The minimum Gasteiger partial charge on any atom is -0.338 e. The Morgan fingerprint density at radius 2 is 1.94 bits per heavy atom. The van der Waals surface area contributed by atoms with E-state index in [0.717, 1.165) is 46.3 Å². The van der Waals surface area contributed by atoms with Crippen LogP contribution in [0.3, 0.4) is 0 Å². The highest BCUT2D eigenvalue weighted by Crippen LogP contribution is 2.31. The van der Waals surface area contributed by atoms with Crippen LogP contribution in [0, 0.1) is 5.41 Å². The molecule has 7 nitrogen and oxygen atoms in total. The van der Waals surface area contributed by atoms with Gasteiger partial charge in [0.15, 0.2) is 11.5 Å². The molecule has 0 aliphatic carbocycles. The number of aromatic nitrogens is 4. The fourth-order valence-corrected chi connectivity index (χ4v) is 5.11. The molecule has 0 spiro atoms. The number of nitrogens with zero attached hydrogens (tertiary/aromatic N) is 6. The standard InChI is InChI=1S/C24H28N6OS/c1-16-15-28(11-12-29(16)20(31)14-24(2,3)4)23-25-18-9-6-5-8-17(18)21-26-27-22(30(21)23)19-10-7-13-32-19/h5-10,13,16H,11-12,14-15H2,1-4H3/t16-/m0/s1. The van der Waals surface area contributed by atoms with Gasteiger partial charge in [0.25, 0.3) is 0 Å². The molecule has 166 valence electrons. The van der Waals surface area contributed by atoms with Crippen LogP contribution in [0.15, 0.2) is 41.8 Å². The van der Waals surface area contributed by atoms with E-state index in [9.17, 15) is 4.79 Å². The number of thiophene rings is 1. The lowest BCUT2D eigenvalue weighted by Gasteiger charge is -2.41. The SMILES string of the molecule is C[C@H]1CN(c2nc3ccccc3c3nnc(-c4cccs4)n23)CCN1C(=O)CC(C)(C)C. The maximum atomic E-state index is 12.9. The van der Waals surface area contributed by atoms with Crippen LogP contribution in [0.1, 0.15) is 34.1 Å². The minimum absolute atomic E-state index is 0.0158. The van der Waals surface area contributed by atoms with Gasteiger partial charge >= 0.3 is 0 Å². The lowest BCUT2D eigenvalue weighted by molar-refractivity contribution is -0.135. The van der Waals surface area contributed by atoms with E-state index in [1.807, 2.05) is 40.6 Å². The van der Waals surface area contributed by atoms with Gasteiger partial charge in [0.05, 0.1) is 10.4 Å². The van der Waals surface area contributed by atoms with Crippen molar-refractivity contribution in [3.8, 4) is 10.7 Å². The minimum atomic E-state index is -0.0158. The molecular formula is C24H28N6OS. The van der Waals surface area contributed by atoms with Crippen LogP contribution in [0.5, 0.6) is 0 Å². The van der Waals surface area contributed by atoms with Crippen molar-refractivity contribution in [2.24, 2.45) is 5.41 Å². The average molecular weight is 449 g/mol. The molecule has 4 aromatic rings. The van der Waals surface area contributed by atoms with Crippen LogP contribution < -0.4 is 4.90 Å². The Morgan fingerprint density at radius 1 is 1.12 bits per heavy atom. The van der Waals surface area contributed by atoms with Crippen molar-refractivity contribution in [1.82, 2.24) is 24.5 Å². The molecule has 1 aromatic carbocycles. The molecule has 1 atom stereocenters. The molecule has 5 rings (SSSR count). The summed E-state index contributed by atoms with van der Waals surface area (Å²) in [6.07, 6.45) is 0.559. The zero-order chi connectivity index (χ0) is 22.5. The van der Waals surface area contributed by atoms with Gasteiger partial charge in [-0.1, -0.05) is 39.0 Å². The largest absolute Gasteiger partial charge is 0.338 e. The van der Waals surface area contributed by atoms with Gasteiger partial charge in [-0.15, -0.1) is 21.5 Å². The van der Waals surface area contributed by atoms with Crippen LogP contribution >= 0.6 is 11.3 Å². The molecule has 0 bridgehead atoms. The number of carbonyl (C=O) groups is 1. The summed E-state index contributed by atoms with van der Waals surface area (Å²) in [5, 5.41) is 12.1. The molecule has 1 aliphatic heterocycles. The molecule has 1 fully saturated rings. The van der Waals surface area contributed by atoms with Crippen LogP contribution in [-0.2, 0) is 4.79 Å². The van der Waals surface area contributed by atoms with E-state index in [-0.39, 0.29) is 17.4 Å². The van der Waals surface area contributed by atoms with E-state index in [2.05, 4.69) is 53.3 Å². The van der Waals surface area contributed by atoms with E-state index in [0.29, 0.717) is 13.0 Å². The zero-order valence-corrected chi connectivity index (χ0v) is 19.8. The average Bonchev–Trinajstić information content (AvgIpc) is 3.41. The summed E-state index contributed by atoms with van der Waals surface area (Å²) in [7, 11) is 0. The number of hydrogen-bond acceptors (Lipinski definition) is 6. The van der Waals surface area contributed by atoms with Gasteiger partial charge < -0.3 is 9.80 Å². The first-order chi connectivity index (χ1) is 15.3. The molecule has 0 unspecified atom stereocenters. The van der Waals surface area contributed by atoms with Crippen molar-refractivity contribution in [3.63, 3.8) is 0 Å². The number of amides is 1. The molecule has 0 N–H and O–H groups in total. The molecule has 4 heterocycles. The second-order valence-corrected chi connectivity index (χ2v) is 10.7. The monoisotopic (exact) mass is 448 g/mol. The number of carbonyl (C=O) groups excluding carboxylic acids is 1. The lowest BCUT2D eigenvalue weighted by atomic mass is 9.91. The molecule has 1 saturated heterocycles. The van der Waals surface area contributed by atoms with E-state index in [1.165, 1.54) is 0 Å². The summed E-state index contributed by atoms with van der Waals surface area (Å²) in [5.41, 5.74) is 1.70. The smallest absolute Gasteiger partial charge is 0.223 e. The van der Waals surface area contributed by atoms with Gasteiger partial charge in [0.1, 0.15) is 0 Å². The number of benzene rings is 1. The van der Waals surface area contributed by atoms with Crippen LogP contribution in [0.2, 0.25) is 0 Å². The second kappa shape index (κ2) is 7.85. The Bertz CT molecular complexity index is 1270. The number of piperazine rings is 1. The molecule has 8 heteroatoms. The Morgan fingerprint density at radius 3 is 2.66 bits per heavy atom. The van der Waals surface area contributed by atoms with Crippen molar-refractivity contribution in [2.45, 2.75) is 40.2 Å². The van der Waals surface area contributed by atoms with Gasteiger partial charge in [-0.05, 0) is 35.9 Å². The number of rotatable bonds is 3. The number of para-hydroxylation sites is 1. The summed E-state index contributed by atoms with van der Waals surface area (Å²) in [6, 6.07) is 12.2. The first-order valence-corrected chi connectivity index (χ1v) is 11.9. The summed E-state index contributed by atoms with van der Waals surface area (Å²) in [5.74, 6) is 1.87. The predicted molar refractivity (Wildman–Crippen MR) is 129 cm³/mol. The Balaban J connectivity index is 1.55. The number of anilines is 1. The predicted octanol–water partition coefficient (Wildman–Crippen LogP) is 4.48. The molecular weight excluding hydrogens is 420 g/mol. The van der Waals surface area contributed by atoms with Gasteiger partial charge in [-0.2, -0.15) is 0 Å². The second-order valence-electron chi connectivity index (χ2n) is 9.71. The van der Waals surface area contributed by atoms with Crippen molar-refractivity contribution >= 4 is 39.7 Å². The van der Waals surface area contributed by atoms with Gasteiger partial charge in [0.2, 0.25) is 11.9 Å². The van der Waals surface area contributed by atoms with Gasteiger partial charge in [-0.25, -0.2) is 9.38 Å². The van der Waals surface area contributed by atoms with E-state index < -0.39 is 0 Å². The maximum absolute atomic E-state index is 12.9. The lowest BCUT2D eigenvalue weighted by Crippen LogP contribution is -2.55. The highest BCUT2D eigenvalue weighted by molar-refractivity contribution is 7.13. The van der Waals surface area contributed by atoms with Crippen LogP contribution in [0.4, 0.5) is 5.95 Å². The Hall–Kier alpha value is -3.00. The third kappa shape index (κ3) is 3.72. The normalized spacial score (nSPS) is 17.4. The Kier molecular flexibility index (Phi) is 5.12. The van der Waals surface area contributed by atoms with Crippen LogP contribution in [0.25, 0.3) is 27.3 Å². The molecule has 0 saturated carbocycles. The van der Waals surface area contributed by atoms with E-state index in [4.69, 9.17) is 4.98 Å². The first-order valence-electron chi connectivity index (χ1n) is 11.0. The summed E-state index contributed by atoms with van der Waals surface area (Å²) in [4.78, 5) is 23.3. The van der Waals surface area contributed by atoms with Crippen molar-refractivity contribution in [2.75, 3.05) is 24.5 Å². The summed E-state index contributed by atoms with van der Waals surface area (Å²) < 4.78 is 2.08. The third-order valence-corrected chi connectivity index (χ3v) is 6.75. The fraction of sp³-hybridized carbons (Fsp3) is 0.417. The van der Waals surface area contributed by atoms with E-state index >= 15 is 0 Å². The molecule has 32 heavy (non-hydrogen) atoms. The van der Waals surface area contributed by atoms with Gasteiger partial charge in [-0.3, -0.25) is 4.79 Å². The molecule has 3 aromatic heterocycles. The number of hydrogen-bond donors (Lipinski definition) is 0. The topological polar surface area (TPSA) is 66.6 Å². The maximum Gasteiger partial charge on any atom is 0.223 e. The highest BCUT2D eigenvalue weighted by atomic mass is 32.1. The van der Waals surface area contributed by atoms with Crippen LogP contribution in [-0.4, -0.2) is 56.1 Å². The zero-order valence-electron chi connectivity index (χ0n) is 18.9. The van der Waals surface area contributed by atoms with Crippen molar-refractivity contribution in [3.05, 3.63) is 41.8 Å². The third-order valence-electron chi connectivity index (χ3n) is 5.88. The number of fused-ring (bicyclic) bond motifs is 3. The van der Waals surface area contributed by atoms with E-state index in [1.54, 1.807) is 11.3 Å². The Labute approximate surface area is 191 Å². The fourth-order valence-electron chi connectivity index (χ4n) is 4.41. The van der Waals surface area contributed by atoms with Crippen molar-refractivity contribution in [1.29, 1.82) is 0 Å². The molecule has 1 aliphatic rings. The van der Waals surface area contributed by atoms with Gasteiger partial charge in [0, 0.05) is 37.5 Å². The first kappa shape index (κ1) is 20.9. The summed E-state index contributed by atoms with van der Waals surface area (Å²) >= 11 is 1.64. The molecule has 1 amide bonds. The summed E-state index contributed by atoms with van der Waals surface area (Å²) in [6.45, 7) is 10.6. The molecule has 0 radical (unpaired) electrons. The van der Waals surface area contributed by atoms with Crippen molar-refractivity contribution < 1.29 is 4.79 Å². The quantitative estimate of drug-likeness (QED) is 0.462. The highest BCUT2D eigenvalue weighted by Gasteiger charge is 2.32.